The normalized spacial score (nSPS) is 30.8. The van der Waals surface area contributed by atoms with Crippen molar-refractivity contribution in [2.24, 2.45) is 11.8 Å². The van der Waals surface area contributed by atoms with Crippen LogP contribution in [0.4, 0.5) is 0 Å². The van der Waals surface area contributed by atoms with Crippen LogP contribution in [-0.4, -0.2) is 14.5 Å². The van der Waals surface area contributed by atoms with Crippen LogP contribution in [0, 0.1) is 11.8 Å². The number of hydrogen-bond acceptors (Lipinski definition) is 2. The highest BCUT2D eigenvalue weighted by Crippen LogP contribution is 2.44. The van der Waals surface area contributed by atoms with Crippen molar-refractivity contribution in [1.82, 2.24) is 4.72 Å². The third-order valence-electron chi connectivity index (χ3n) is 4.15. The van der Waals surface area contributed by atoms with Gasteiger partial charge in [0.15, 0.2) is 0 Å². The molecule has 98 valence electrons. The topological polar surface area (TPSA) is 46.2 Å². The van der Waals surface area contributed by atoms with Gasteiger partial charge in [0.2, 0.25) is 10.0 Å². The van der Waals surface area contributed by atoms with Crippen molar-refractivity contribution >= 4 is 26.0 Å². The summed E-state index contributed by atoms with van der Waals surface area (Å²) in [5.41, 5.74) is 0. The molecule has 3 atom stereocenters. The van der Waals surface area contributed by atoms with Gasteiger partial charge in [-0.25, -0.2) is 13.1 Å². The fraction of sp³-hybridized carbons (Fsp3) is 0.538. The second-order valence-electron chi connectivity index (χ2n) is 5.36. The summed E-state index contributed by atoms with van der Waals surface area (Å²) < 4.78 is 28.2. The highest BCUT2D eigenvalue weighted by atomic mass is 79.9. The molecule has 0 saturated heterocycles. The van der Waals surface area contributed by atoms with Crippen LogP contribution >= 0.6 is 15.9 Å². The van der Waals surface area contributed by atoms with Gasteiger partial charge in [0.1, 0.15) is 0 Å². The molecule has 0 radical (unpaired) electrons. The molecule has 0 heterocycles. The van der Waals surface area contributed by atoms with Crippen molar-refractivity contribution in [1.29, 1.82) is 0 Å². The van der Waals surface area contributed by atoms with Crippen LogP contribution in [0.15, 0.2) is 33.6 Å². The second-order valence-corrected chi connectivity index (χ2v) is 7.99. The lowest BCUT2D eigenvalue weighted by atomic mass is 9.96. The Morgan fingerprint density at radius 2 is 2.06 bits per heavy atom. The van der Waals surface area contributed by atoms with E-state index in [1.807, 2.05) is 6.07 Å². The first-order valence-corrected chi connectivity index (χ1v) is 8.60. The number of halogens is 1. The molecule has 2 saturated carbocycles. The first-order chi connectivity index (χ1) is 8.54. The summed E-state index contributed by atoms with van der Waals surface area (Å²) >= 11 is 3.31. The molecule has 0 aromatic heterocycles. The van der Waals surface area contributed by atoms with E-state index < -0.39 is 10.0 Å². The second kappa shape index (κ2) is 4.62. The maximum Gasteiger partial charge on any atom is 0.240 e. The molecule has 2 aliphatic carbocycles. The minimum absolute atomic E-state index is 0.146. The average molecular weight is 330 g/mol. The molecule has 3 unspecified atom stereocenters. The Hall–Kier alpha value is -0.390. The predicted molar refractivity (Wildman–Crippen MR) is 73.7 cm³/mol. The smallest absolute Gasteiger partial charge is 0.208 e. The molecular formula is C13H16BrNO2S. The summed E-state index contributed by atoms with van der Waals surface area (Å²) in [6.45, 7) is 0. The lowest BCUT2D eigenvalue weighted by molar-refractivity contribution is 0.390. The van der Waals surface area contributed by atoms with Crippen LogP contribution < -0.4 is 4.72 Å². The van der Waals surface area contributed by atoms with Crippen molar-refractivity contribution in [2.75, 3.05) is 0 Å². The Labute approximate surface area is 116 Å². The molecule has 0 spiro atoms. The first kappa shape index (κ1) is 12.6. The molecule has 0 amide bonds. The van der Waals surface area contributed by atoms with E-state index in [0.29, 0.717) is 10.8 Å². The number of sulfonamides is 1. The standard InChI is InChI=1S/C13H16BrNO2S/c14-11-2-1-3-12(8-11)18(16,17)15-13-7-9-4-5-10(13)6-9/h1-3,8-10,13,15H,4-7H2. The lowest BCUT2D eigenvalue weighted by Crippen LogP contribution is -2.38. The number of rotatable bonds is 3. The number of benzene rings is 1. The molecule has 0 aliphatic heterocycles. The molecule has 2 fully saturated rings. The number of nitrogens with one attached hydrogen (secondary N) is 1. The van der Waals surface area contributed by atoms with Gasteiger partial charge in [-0.05, 0) is 49.3 Å². The van der Waals surface area contributed by atoms with Crippen molar-refractivity contribution in [3.63, 3.8) is 0 Å². The van der Waals surface area contributed by atoms with Gasteiger partial charge >= 0.3 is 0 Å². The molecule has 5 heteroatoms. The SMILES string of the molecule is O=S(=O)(NC1CC2CCC1C2)c1cccc(Br)c1. The van der Waals surface area contributed by atoms with E-state index in [9.17, 15) is 8.42 Å². The van der Waals surface area contributed by atoms with E-state index in [1.165, 1.54) is 19.3 Å². The van der Waals surface area contributed by atoms with Gasteiger partial charge in [-0.2, -0.15) is 0 Å². The zero-order valence-corrected chi connectivity index (χ0v) is 12.4. The fourth-order valence-electron chi connectivity index (χ4n) is 3.29. The van der Waals surface area contributed by atoms with Gasteiger partial charge in [-0.1, -0.05) is 28.4 Å². The van der Waals surface area contributed by atoms with Gasteiger partial charge in [0.25, 0.3) is 0 Å². The van der Waals surface area contributed by atoms with Crippen molar-refractivity contribution in [3.8, 4) is 0 Å². The summed E-state index contributed by atoms with van der Waals surface area (Å²) in [6, 6.07) is 7.01. The molecule has 1 aromatic carbocycles. The van der Waals surface area contributed by atoms with E-state index in [4.69, 9.17) is 0 Å². The number of hydrogen-bond donors (Lipinski definition) is 1. The lowest BCUT2D eigenvalue weighted by Gasteiger charge is -2.22. The Morgan fingerprint density at radius 1 is 1.22 bits per heavy atom. The highest BCUT2D eigenvalue weighted by Gasteiger charge is 2.41. The Bertz CT molecular complexity index is 558. The van der Waals surface area contributed by atoms with Gasteiger partial charge < -0.3 is 0 Å². The Kier molecular flexibility index (Phi) is 3.24. The van der Waals surface area contributed by atoms with Gasteiger partial charge in [0, 0.05) is 10.5 Å². The Morgan fingerprint density at radius 3 is 2.67 bits per heavy atom. The predicted octanol–water partition coefficient (Wildman–Crippen LogP) is 2.92. The quantitative estimate of drug-likeness (QED) is 0.926. The molecule has 2 bridgehead atoms. The summed E-state index contributed by atoms with van der Waals surface area (Å²) in [5, 5.41) is 0. The third kappa shape index (κ3) is 2.36. The van der Waals surface area contributed by atoms with Crippen molar-refractivity contribution in [2.45, 2.75) is 36.6 Å². The zero-order valence-electron chi connectivity index (χ0n) is 9.97. The highest BCUT2D eigenvalue weighted by molar-refractivity contribution is 9.10. The van der Waals surface area contributed by atoms with E-state index in [2.05, 4.69) is 20.7 Å². The minimum Gasteiger partial charge on any atom is -0.208 e. The van der Waals surface area contributed by atoms with E-state index in [-0.39, 0.29) is 6.04 Å². The molecule has 2 aliphatic rings. The molecule has 18 heavy (non-hydrogen) atoms. The van der Waals surface area contributed by atoms with Gasteiger partial charge in [-0.3, -0.25) is 0 Å². The first-order valence-electron chi connectivity index (χ1n) is 6.32. The number of fused-ring (bicyclic) bond motifs is 2. The van der Waals surface area contributed by atoms with Crippen LogP contribution in [0.1, 0.15) is 25.7 Å². The van der Waals surface area contributed by atoms with E-state index >= 15 is 0 Å². The summed E-state index contributed by atoms with van der Waals surface area (Å²) in [6.07, 6.45) is 4.67. The van der Waals surface area contributed by atoms with Crippen LogP contribution in [-0.2, 0) is 10.0 Å². The monoisotopic (exact) mass is 329 g/mol. The molecule has 1 aromatic rings. The largest absolute Gasteiger partial charge is 0.240 e. The maximum atomic E-state index is 12.3. The average Bonchev–Trinajstić information content (AvgIpc) is 2.90. The fourth-order valence-corrected chi connectivity index (χ4v) is 5.20. The Balaban J connectivity index is 1.79. The molecule has 3 nitrogen and oxygen atoms in total. The molecule has 1 N–H and O–H groups in total. The summed E-state index contributed by atoms with van der Waals surface area (Å²) in [4.78, 5) is 0.347. The van der Waals surface area contributed by atoms with Gasteiger partial charge in [-0.15, -0.1) is 0 Å². The minimum atomic E-state index is -3.37. The zero-order chi connectivity index (χ0) is 12.8. The van der Waals surface area contributed by atoms with Crippen LogP contribution in [0.5, 0.6) is 0 Å². The van der Waals surface area contributed by atoms with Crippen LogP contribution in [0.2, 0.25) is 0 Å². The summed E-state index contributed by atoms with van der Waals surface area (Å²) in [7, 11) is -3.37. The van der Waals surface area contributed by atoms with Crippen LogP contribution in [0.25, 0.3) is 0 Å². The molecule has 3 rings (SSSR count). The van der Waals surface area contributed by atoms with E-state index in [1.54, 1.807) is 18.2 Å². The summed E-state index contributed by atoms with van der Waals surface area (Å²) in [5.74, 6) is 1.29. The van der Waals surface area contributed by atoms with E-state index in [0.717, 1.165) is 16.8 Å². The van der Waals surface area contributed by atoms with Crippen molar-refractivity contribution in [3.05, 3.63) is 28.7 Å². The van der Waals surface area contributed by atoms with Crippen LogP contribution in [0.3, 0.4) is 0 Å². The molecular weight excluding hydrogens is 314 g/mol. The van der Waals surface area contributed by atoms with Crippen molar-refractivity contribution < 1.29 is 8.42 Å². The van der Waals surface area contributed by atoms with Gasteiger partial charge in [0.05, 0.1) is 4.90 Å². The third-order valence-corrected chi connectivity index (χ3v) is 6.13. The maximum absolute atomic E-state index is 12.3.